The molecule has 0 aromatic heterocycles. The largest absolute Gasteiger partial charge is 0.497 e. The van der Waals surface area contributed by atoms with Crippen LogP contribution in [0.4, 0.5) is 0 Å². The van der Waals surface area contributed by atoms with Crippen molar-refractivity contribution in [1.29, 1.82) is 0 Å². The number of rotatable bonds is 5. The third-order valence-electron chi connectivity index (χ3n) is 3.95. The minimum absolute atomic E-state index is 0.558. The third-order valence-corrected chi connectivity index (χ3v) is 3.95. The topological polar surface area (TPSA) is 46.2 Å². The summed E-state index contributed by atoms with van der Waals surface area (Å²) in [5.41, 5.74) is 1.98. The summed E-state index contributed by atoms with van der Waals surface area (Å²) in [6.45, 7) is 0. The molecule has 0 amide bonds. The summed E-state index contributed by atoms with van der Waals surface area (Å²) in [5, 5.41) is 0. The van der Waals surface area contributed by atoms with Crippen molar-refractivity contribution in [2.45, 2.75) is 6.42 Å². The van der Waals surface area contributed by atoms with Gasteiger partial charge in [0.25, 0.3) is 0 Å². The Morgan fingerprint density at radius 1 is 0.833 bits per heavy atom. The van der Waals surface area contributed by atoms with E-state index in [1.807, 2.05) is 36.4 Å². The van der Waals surface area contributed by atoms with Gasteiger partial charge in [-0.2, -0.15) is 0 Å². The molecule has 0 radical (unpaired) electrons. The number of methoxy groups -OCH3 is 4. The smallest absolute Gasteiger partial charge is 0.203 e. The van der Waals surface area contributed by atoms with Crippen LogP contribution < -0.4 is 23.7 Å². The highest BCUT2D eigenvalue weighted by molar-refractivity contribution is 5.70. The number of fused-ring (bicyclic) bond motifs is 1. The number of benzene rings is 2. The van der Waals surface area contributed by atoms with Crippen LogP contribution in [0.15, 0.2) is 36.4 Å². The van der Waals surface area contributed by atoms with Crippen LogP contribution >= 0.6 is 0 Å². The van der Waals surface area contributed by atoms with E-state index in [2.05, 4.69) is 0 Å². The summed E-state index contributed by atoms with van der Waals surface area (Å²) in [4.78, 5) is 0. The lowest BCUT2D eigenvalue weighted by atomic mass is 10.0. The summed E-state index contributed by atoms with van der Waals surface area (Å²) in [6, 6.07) is 9.58. The summed E-state index contributed by atoms with van der Waals surface area (Å²) in [7, 11) is 6.41. The number of hydrogen-bond donors (Lipinski definition) is 0. The van der Waals surface area contributed by atoms with Crippen molar-refractivity contribution in [1.82, 2.24) is 0 Å². The van der Waals surface area contributed by atoms with Crippen molar-refractivity contribution in [3.63, 3.8) is 0 Å². The van der Waals surface area contributed by atoms with Gasteiger partial charge in [0.1, 0.15) is 17.3 Å². The highest BCUT2D eigenvalue weighted by Crippen LogP contribution is 2.41. The summed E-state index contributed by atoms with van der Waals surface area (Å²) in [5.74, 6) is 4.04. The van der Waals surface area contributed by atoms with Gasteiger partial charge in [0.2, 0.25) is 5.75 Å². The Labute approximate surface area is 141 Å². The fourth-order valence-electron chi connectivity index (χ4n) is 2.69. The lowest BCUT2D eigenvalue weighted by Crippen LogP contribution is -2.05. The Kier molecular flexibility index (Phi) is 4.51. The van der Waals surface area contributed by atoms with Gasteiger partial charge in [0.15, 0.2) is 11.5 Å². The molecular formula is C19H20O5. The molecule has 126 valence electrons. The molecule has 0 fully saturated rings. The lowest BCUT2D eigenvalue weighted by molar-refractivity contribution is 0.324. The van der Waals surface area contributed by atoms with Crippen molar-refractivity contribution in [3.05, 3.63) is 47.5 Å². The molecule has 0 atom stereocenters. The van der Waals surface area contributed by atoms with Crippen molar-refractivity contribution < 1.29 is 23.7 Å². The van der Waals surface area contributed by atoms with Gasteiger partial charge in [-0.05, 0) is 36.3 Å². The molecule has 1 aliphatic heterocycles. The molecule has 2 aromatic rings. The van der Waals surface area contributed by atoms with E-state index in [9.17, 15) is 0 Å². The van der Waals surface area contributed by atoms with Crippen LogP contribution in [-0.4, -0.2) is 28.4 Å². The number of hydrogen-bond acceptors (Lipinski definition) is 5. The van der Waals surface area contributed by atoms with Gasteiger partial charge in [-0.15, -0.1) is 0 Å². The van der Waals surface area contributed by atoms with Gasteiger partial charge in [-0.25, -0.2) is 0 Å². The first-order valence-corrected chi connectivity index (χ1v) is 7.55. The molecule has 0 N–H and O–H groups in total. The zero-order valence-electron chi connectivity index (χ0n) is 14.2. The zero-order chi connectivity index (χ0) is 17.1. The first-order valence-electron chi connectivity index (χ1n) is 7.55. The molecule has 3 rings (SSSR count). The van der Waals surface area contributed by atoms with Crippen LogP contribution in [-0.2, 0) is 6.42 Å². The normalized spacial score (nSPS) is 12.6. The summed E-state index contributed by atoms with van der Waals surface area (Å²) >= 11 is 0. The molecule has 0 saturated heterocycles. The van der Waals surface area contributed by atoms with Gasteiger partial charge in [-0.3, -0.25) is 0 Å². The minimum Gasteiger partial charge on any atom is -0.497 e. The molecular weight excluding hydrogens is 308 g/mol. The lowest BCUT2D eigenvalue weighted by Gasteiger charge is -2.20. The van der Waals surface area contributed by atoms with E-state index in [0.717, 1.165) is 34.8 Å². The fraction of sp³-hybridized carbons (Fsp3) is 0.263. The minimum atomic E-state index is 0.558. The van der Waals surface area contributed by atoms with E-state index >= 15 is 0 Å². The maximum atomic E-state index is 6.06. The van der Waals surface area contributed by atoms with Crippen LogP contribution in [0.3, 0.4) is 0 Å². The molecule has 2 aromatic carbocycles. The van der Waals surface area contributed by atoms with E-state index in [1.165, 1.54) is 0 Å². The van der Waals surface area contributed by atoms with Crippen LogP contribution in [0.5, 0.6) is 28.7 Å². The Morgan fingerprint density at radius 2 is 1.54 bits per heavy atom. The van der Waals surface area contributed by atoms with Gasteiger partial charge < -0.3 is 23.7 Å². The standard InChI is InChI=1S/C19H20O5/c1-20-14-7-5-12-6-8-15(24-16(12)11-14)13-9-17(21-2)19(23-4)18(10-13)22-3/h5,7-11H,6H2,1-4H3. The third kappa shape index (κ3) is 2.85. The predicted molar refractivity (Wildman–Crippen MR) is 91.4 cm³/mol. The second-order valence-electron chi connectivity index (χ2n) is 5.26. The number of allylic oxidation sites excluding steroid dienone is 1. The molecule has 0 unspecified atom stereocenters. The first-order chi connectivity index (χ1) is 11.7. The first kappa shape index (κ1) is 16.1. The van der Waals surface area contributed by atoms with Gasteiger partial charge >= 0.3 is 0 Å². The molecule has 1 heterocycles. The van der Waals surface area contributed by atoms with Crippen molar-refractivity contribution in [2.24, 2.45) is 0 Å². The molecule has 0 bridgehead atoms. The van der Waals surface area contributed by atoms with Gasteiger partial charge in [0, 0.05) is 11.6 Å². The van der Waals surface area contributed by atoms with E-state index in [-0.39, 0.29) is 0 Å². The molecule has 5 nitrogen and oxygen atoms in total. The van der Waals surface area contributed by atoms with Crippen LogP contribution in [0.25, 0.3) is 5.76 Å². The predicted octanol–water partition coefficient (Wildman–Crippen LogP) is 3.70. The Morgan fingerprint density at radius 3 is 2.12 bits per heavy atom. The van der Waals surface area contributed by atoms with Crippen molar-refractivity contribution in [3.8, 4) is 28.7 Å². The maximum absolute atomic E-state index is 6.06. The molecule has 0 saturated carbocycles. The molecule has 0 aliphatic carbocycles. The quantitative estimate of drug-likeness (QED) is 0.837. The molecule has 1 aliphatic rings. The second-order valence-corrected chi connectivity index (χ2v) is 5.26. The monoisotopic (exact) mass is 328 g/mol. The summed E-state index contributed by atoms with van der Waals surface area (Å²) in [6.07, 6.45) is 2.82. The molecule has 24 heavy (non-hydrogen) atoms. The Hall–Kier alpha value is -2.82. The van der Waals surface area contributed by atoms with Crippen molar-refractivity contribution in [2.75, 3.05) is 28.4 Å². The Balaban J connectivity index is 1.99. The fourth-order valence-corrected chi connectivity index (χ4v) is 2.69. The van der Waals surface area contributed by atoms with Crippen LogP contribution in [0.1, 0.15) is 11.1 Å². The number of ether oxygens (including phenoxy) is 5. The molecule has 0 spiro atoms. The highest BCUT2D eigenvalue weighted by atomic mass is 16.5. The van der Waals surface area contributed by atoms with Gasteiger partial charge in [-0.1, -0.05) is 6.07 Å². The SMILES string of the molecule is COc1ccc2c(c1)OC(c1cc(OC)c(OC)c(OC)c1)=CC2. The maximum Gasteiger partial charge on any atom is 0.203 e. The van der Waals surface area contributed by atoms with E-state index in [4.69, 9.17) is 23.7 Å². The highest BCUT2D eigenvalue weighted by Gasteiger charge is 2.19. The second kappa shape index (κ2) is 6.74. The Bertz CT molecular complexity index is 754. The van der Waals surface area contributed by atoms with E-state index in [0.29, 0.717) is 17.2 Å². The van der Waals surface area contributed by atoms with Gasteiger partial charge in [0.05, 0.1) is 28.4 Å². The average molecular weight is 328 g/mol. The molecule has 5 heteroatoms. The van der Waals surface area contributed by atoms with E-state index in [1.54, 1.807) is 28.4 Å². The zero-order valence-corrected chi connectivity index (χ0v) is 14.2. The van der Waals surface area contributed by atoms with E-state index < -0.39 is 0 Å². The van der Waals surface area contributed by atoms with Crippen LogP contribution in [0.2, 0.25) is 0 Å². The van der Waals surface area contributed by atoms with Crippen molar-refractivity contribution >= 4 is 5.76 Å². The summed E-state index contributed by atoms with van der Waals surface area (Å²) < 4.78 is 27.5. The van der Waals surface area contributed by atoms with Crippen LogP contribution in [0, 0.1) is 0 Å². The average Bonchev–Trinajstić information content (AvgIpc) is 2.65.